The highest BCUT2D eigenvalue weighted by Gasteiger charge is 2.30. The van der Waals surface area contributed by atoms with Gasteiger partial charge in [-0.1, -0.05) is 6.07 Å². The van der Waals surface area contributed by atoms with Crippen molar-refractivity contribution in [1.82, 2.24) is 20.2 Å². The summed E-state index contributed by atoms with van der Waals surface area (Å²) in [6.45, 7) is 1.47. The van der Waals surface area contributed by atoms with Gasteiger partial charge in [-0.2, -0.15) is 18.3 Å². The minimum absolute atomic E-state index is 0.164. The average Bonchev–Trinajstić information content (AvgIpc) is 3.30. The van der Waals surface area contributed by atoms with Gasteiger partial charge in [0, 0.05) is 29.1 Å². The molecule has 0 saturated carbocycles. The minimum atomic E-state index is -4.57. The number of benzene rings is 2. The number of aryl methyl sites for hydroxylation is 3. The molecule has 0 atom stereocenters. The number of carbonyl (C=O) groups excluding carboxylic acids is 1. The van der Waals surface area contributed by atoms with Crippen LogP contribution in [0.5, 0.6) is 0 Å². The number of aliphatic hydroxyl groups is 1. The Morgan fingerprint density at radius 2 is 1.84 bits per heavy atom. The van der Waals surface area contributed by atoms with Crippen molar-refractivity contribution in [3.8, 4) is 0 Å². The molecule has 2 aromatic carbocycles. The van der Waals surface area contributed by atoms with Crippen LogP contribution in [0.25, 0.3) is 0 Å². The van der Waals surface area contributed by atoms with Gasteiger partial charge in [0.15, 0.2) is 5.82 Å². The molecule has 2 heterocycles. The highest BCUT2D eigenvalue weighted by Crippen LogP contribution is 2.29. The van der Waals surface area contributed by atoms with E-state index < -0.39 is 23.5 Å². The normalized spacial score (nSPS) is 11.4. The second kappa shape index (κ2) is 10.7. The predicted molar refractivity (Wildman–Crippen MR) is 128 cm³/mol. The van der Waals surface area contributed by atoms with Gasteiger partial charge in [-0.15, -0.1) is 0 Å². The average molecular weight is 514 g/mol. The number of halogens is 4. The maximum absolute atomic E-state index is 14.4. The van der Waals surface area contributed by atoms with Crippen LogP contribution in [0.1, 0.15) is 38.7 Å². The summed E-state index contributed by atoms with van der Waals surface area (Å²) in [6, 6.07) is 11.4. The standard InChI is InChI=1S/C25H22F4N6O2/c1-14-30-20(13-36)12-22(31-14)33-23-11-19(34-35-23)6-5-15-10-18(7-8-21(15)26)32-24(37)16-3-2-4-17(9-16)25(27,28)29/h2-4,7-12,36H,5-6,13H2,1H3,(H,32,37)(H2,30,31,33,34,35). The Labute approximate surface area is 208 Å². The third-order valence-electron chi connectivity index (χ3n) is 5.36. The van der Waals surface area contributed by atoms with Crippen molar-refractivity contribution < 1.29 is 27.5 Å². The van der Waals surface area contributed by atoms with Crippen LogP contribution < -0.4 is 10.6 Å². The number of aromatic nitrogens is 4. The van der Waals surface area contributed by atoms with E-state index in [4.69, 9.17) is 0 Å². The van der Waals surface area contributed by atoms with E-state index in [-0.39, 0.29) is 24.3 Å². The molecule has 4 aromatic rings. The summed E-state index contributed by atoms with van der Waals surface area (Å²) in [5, 5.41) is 21.8. The first-order valence-corrected chi connectivity index (χ1v) is 11.1. The second-order valence-electron chi connectivity index (χ2n) is 8.19. The van der Waals surface area contributed by atoms with E-state index >= 15 is 0 Å². The van der Waals surface area contributed by atoms with Crippen LogP contribution in [0.4, 0.5) is 34.9 Å². The first-order chi connectivity index (χ1) is 17.6. The van der Waals surface area contributed by atoms with Crippen molar-refractivity contribution in [2.45, 2.75) is 32.5 Å². The number of alkyl halides is 3. The lowest BCUT2D eigenvalue weighted by Crippen LogP contribution is -2.14. The minimum Gasteiger partial charge on any atom is -0.390 e. The van der Waals surface area contributed by atoms with Crippen LogP contribution in [0.3, 0.4) is 0 Å². The Hall–Kier alpha value is -4.32. The number of H-pyrrole nitrogens is 1. The quantitative estimate of drug-likeness (QED) is 0.248. The summed E-state index contributed by atoms with van der Waals surface area (Å²) < 4.78 is 53.2. The second-order valence-corrected chi connectivity index (χ2v) is 8.19. The van der Waals surface area contributed by atoms with Gasteiger partial charge in [0.2, 0.25) is 0 Å². The van der Waals surface area contributed by atoms with Gasteiger partial charge in [-0.05, 0) is 61.7 Å². The van der Waals surface area contributed by atoms with Crippen molar-refractivity contribution in [2.24, 2.45) is 0 Å². The van der Waals surface area contributed by atoms with Crippen molar-refractivity contribution in [1.29, 1.82) is 0 Å². The molecule has 4 N–H and O–H groups in total. The molecule has 2 aromatic heterocycles. The van der Waals surface area contributed by atoms with Crippen molar-refractivity contribution in [3.05, 3.63) is 94.3 Å². The monoisotopic (exact) mass is 514 g/mol. The van der Waals surface area contributed by atoms with E-state index in [1.54, 1.807) is 19.1 Å². The van der Waals surface area contributed by atoms with Gasteiger partial charge >= 0.3 is 6.18 Å². The number of nitrogens with zero attached hydrogens (tertiary/aromatic N) is 3. The van der Waals surface area contributed by atoms with E-state index in [1.807, 2.05) is 0 Å². The third-order valence-corrected chi connectivity index (χ3v) is 5.36. The Bertz CT molecular complexity index is 1420. The lowest BCUT2D eigenvalue weighted by Gasteiger charge is -2.11. The first-order valence-electron chi connectivity index (χ1n) is 11.1. The molecule has 0 aliphatic heterocycles. The number of rotatable bonds is 8. The molecular weight excluding hydrogens is 492 g/mol. The zero-order valence-corrected chi connectivity index (χ0v) is 19.5. The summed E-state index contributed by atoms with van der Waals surface area (Å²) >= 11 is 0. The number of carbonyl (C=O) groups is 1. The smallest absolute Gasteiger partial charge is 0.390 e. The summed E-state index contributed by atoms with van der Waals surface area (Å²) in [4.78, 5) is 20.8. The zero-order chi connectivity index (χ0) is 26.6. The van der Waals surface area contributed by atoms with Crippen molar-refractivity contribution >= 4 is 23.2 Å². The highest BCUT2D eigenvalue weighted by atomic mass is 19.4. The Morgan fingerprint density at radius 1 is 1.03 bits per heavy atom. The largest absolute Gasteiger partial charge is 0.416 e. The summed E-state index contributed by atoms with van der Waals surface area (Å²) in [5.74, 6) is 0.199. The van der Waals surface area contributed by atoms with E-state index in [0.29, 0.717) is 40.8 Å². The number of amides is 1. The van der Waals surface area contributed by atoms with Crippen LogP contribution in [-0.2, 0) is 25.6 Å². The van der Waals surface area contributed by atoms with E-state index in [9.17, 15) is 27.5 Å². The molecule has 37 heavy (non-hydrogen) atoms. The van der Waals surface area contributed by atoms with E-state index in [0.717, 1.165) is 18.2 Å². The molecule has 0 aliphatic carbocycles. The van der Waals surface area contributed by atoms with Crippen molar-refractivity contribution in [2.75, 3.05) is 10.6 Å². The van der Waals surface area contributed by atoms with Gasteiger partial charge in [-0.3, -0.25) is 9.89 Å². The predicted octanol–water partition coefficient (Wildman–Crippen LogP) is 4.94. The van der Waals surface area contributed by atoms with Crippen LogP contribution in [0, 0.1) is 12.7 Å². The molecular formula is C25H22F4N6O2. The first kappa shape index (κ1) is 25.8. The Morgan fingerprint density at radius 3 is 2.59 bits per heavy atom. The van der Waals surface area contributed by atoms with Gasteiger partial charge in [-0.25, -0.2) is 14.4 Å². The zero-order valence-electron chi connectivity index (χ0n) is 19.5. The Balaban J connectivity index is 1.40. The lowest BCUT2D eigenvalue weighted by molar-refractivity contribution is -0.137. The van der Waals surface area contributed by atoms with E-state index in [2.05, 4.69) is 30.8 Å². The van der Waals surface area contributed by atoms with E-state index in [1.165, 1.54) is 24.3 Å². The Kier molecular flexibility index (Phi) is 7.48. The van der Waals surface area contributed by atoms with Crippen LogP contribution in [0.2, 0.25) is 0 Å². The summed E-state index contributed by atoms with van der Waals surface area (Å²) in [6.07, 6.45) is -3.92. The van der Waals surface area contributed by atoms with Gasteiger partial charge < -0.3 is 15.7 Å². The third kappa shape index (κ3) is 6.67. The fraction of sp³-hybridized carbons (Fsp3) is 0.200. The van der Waals surface area contributed by atoms with Crippen LogP contribution in [-0.4, -0.2) is 31.2 Å². The number of anilines is 3. The molecule has 1 amide bonds. The number of hydrogen-bond acceptors (Lipinski definition) is 6. The molecule has 12 heteroatoms. The SMILES string of the molecule is Cc1nc(CO)cc(Nc2cc(CCc3cc(NC(=O)c4cccc(C(F)(F)F)c4)ccc3F)[nH]n2)n1. The summed E-state index contributed by atoms with van der Waals surface area (Å²) in [5.41, 5.74) is 0.629. The van der Waals surface area contributed by atoms with Crippen LogP contribution >= 0.6 is 0 Å². The molecule has 8 nitrogen and oxygen atoms in total. The number of aromatic amines is 1. The highest BCUT2D eigenvalue weighted by molar-refractivity contribution is 6.04. The molecule has 0 aliphatic rings. The van der Waals surface area contributed by atoms with Gasteiger partial charge in [0.05, 0.1) is 17.9 Å². The lowest BCUT2D eigenvalue weighted by atomic mass is 10.1. The molecule has 0 bridgehead atoms. The van der Waals surface area contributed by atoms with Crippen molar-refractivity contribution in [3.63, 3.8) is 0 Å². The summed E-state index contributed by atoms with van der Waals surface area (Å²) in [7, 11) is 0. The molecule has 4 rings (SSSR count). The molecule has 0 fully saturated rings. The molecule has 0 spiro atoms. The number of aliphatic hydroxyl groups excluding tert-OH is 1. The van der Waals surface area contributed by atoms with Gasteiger partial charge in [0.25, 0.3) is 5.91 Å². The molecule has 0 unspecified atom stereocenters. The maximum Gasteiger partial charge on any atom is 0.416 e. The number of hydrogen-bond donors (Lipinski definition) is 4. The van der Waals surface area contributed by atoms with Crippen LogP contribution in [0.15, 0.2) is 54.6 Å². The topological polar surface area (TPSA) is 116 Å². The fourth-order valence-corrected chi connectivity index (χ4v) is 3.61. The fourth-order valence-electron chi connectivity index (χ4n) is 3.61. The number of nitrogens with one attached hydrogen (secondary N) is 3. The maximum atomic E-state index is 14.4. The molecule has 0 radical (unpaired) electrons. The molecule has 192 valence electrons. The van der Waals surface area contributed by atoms with Gasteiger partial charge in [0.1, 0.15) is 17.5 Å². The molecule has 0 saturated heterocycles.